The number of nitrogens with zero attached hydrogens (tertiary/aromatic N) is 5. The van der Waals surface area contributed by atoms with Crippen molar-refractivity contribution < 1.29 is 4.79 Å². The molecule has 3 aromatic rings. The maximum atomic E-state index is 13.0. The number of imidazole rings is 1. The van der Waals surface area contributed by atoms with Crippen LogP contribution >= 0.6 is 11.3 Å². The van der Waals surface area contributed by atoms with Gasteiger partial charge in [-0.3, -0.25) is 4.79 Å². The monoisotopic (exact) mass is 377 g/mol. The summed E-state index contributed by atoms with van der Waals surface area (Å²) in [5, 5.41) is 11.3. The molecular weight excluding hydrogens is 358 g/mol. The Balaban J connectivity index is 1.53. The highest BCUT2D eigenvalue weighted by atomic mass is 32.1. The molecule has 1 atom stereocenters. The van der Waals surface area contributed by atoms with Crippen molar-refractivity contribution in [3.63, 3.8) is 0 Å². The topological polar surface area (TPSA) is 74.8 Å². The van der Waals surface area contributed by atoms with Crippen molar-refractivity contribution >= 4 is 17.2 Å². The van der Waals surface area contributed by atoms with Crippen LogP contribution in [-0.2, 0) is 6.54 Å². The lowest BCUT2D eigenvalue weighted by Gasteiger charge is -2.33. The highest BCUT2D eigenvalue weighted by Gasteiger charge is 2.29. The first-order chi connectivity index (χ1) is 13.3. The number of rotatable bonds is 4. The fraction of sp³-hybridized carbons (Fsp3) is 0.300. The van der Waals surface area contributed by atoms with Crippen LogP contribution in [0.3, 0.4) is 0 Å². The Hall–Kier alpha value is -2.98. The number of hydrogen-bond donors (Lipinski definition) is 0. The van der Waals surface area contributed by atoms with Crippen LogP contribution in [0.5, 0.6) is 0 Å². The Morgan fingerprint density at radius 3 is 3.04 bits per heavy atom. The van der Waals surface area contributed by atoms with E-state index in [1.54, 1.807) is 35.6 Å². The third-order valence-electron chi connectivity index (χ3n) is 4.92. The number of amides is 1. The smallest absolute Gasteiger partial charge is 0.255 e. The Morgan fingerprint density at radius 2 is 2.22 bits per heavy atom. The van der Waals surface area contributed by atoms with E-state index < -0.39 is 0 Å². The highest BCUT2D eigenvalue weighted by molar-refractivity contribution is 7.07. The van der Waals surface area contributed by atoms with Gasteiger partial charge < -0.3 is 9.47 Å². The lowest BCUT2D eigenvalue weighted by Crippen LogP contribution is -2.40. The van der Waals surface area contributed by atoms with Gasteiger partial charge in [0.05, 0.1) is 34.9 Å². The molecule has 0 unspecified atom stereocenters. The molecule has 1 aromatic carbocycles. The maximum absolute atomic E-state index is 13.0. The van der Waals surface area contributed by atoms with E-state index in [-0.39, 0.29) is 11.8 Å². The van der Waals surface area contributed by atoms with Crippen molar-refractivity contribution in [3.05, 3.63) is 70.2 Å². The summed E-state index contributed by atoms with van der Waals surface area (Å²) in [6.07, 6.45) is 5.71. The summed E-state index contributed by atoms with van der Waals surface area (Å²) >= 11 is 1.58. The van der Waals surface area contributed by atoms with Gasteiger partial charge in [0.25, 0.3) is 5.91 Å². The largest absolute Gasteiger partial charge is 0.338 e. The van der Waals surface area contributed by atoms with Crippen LogP contribution in [-0.4, -0.2) is 38.4 Å². The Morgan fingerprint density at radius 1 is 1.33 bits per heavy atom. The number of carbonyl (C=O) groups is 1. The standard InChI is InChI=1S/C20H19N5OS/c21-10-15-4-1-2-6-18(15)20(26)25-8-3-5-16(11-25)19-22-7-9-24(19)12-17-13-27-14-23-17/h1-2,4,6-7,9,13-14,16H,3,5,8,11-12H2/t16-/m1/s1. The van der Waals surface area contributed by atoms with Crippen molar-refractivity contribution in [2.24, 2.45) is 0 Å². The molecule has 1 amide bonds. The molecule has 3 heterocycles. The molecule has 1 saturated heterocycles. The van der Waals surface area contributed by atoms with Crippen molar-refractivity contribution in [1.29, 1.82) is 5.26 Å². The van der Waals surface area contributed by atoms with Gasteiger partial charge in [0, 0.05) is 36.8 Å². The Bertz CT molecular complexity index is 972. The highest BCUT2D eigenvalue weighted by Crippen LogP contribution is 2.27. The molecule has 136 valence electrons. The summed E-state index contributed by atoms with van der Waals surface area (Å²) in [6.45, 7) is 2.02. The van der Waals surface area contributed by atoms with Crippen LogP contribution in [0.25, 0.3) is 0 Å². The lowest BCUT2D eigenvalue weighted by molar-refractivity contribution is 0.0703. The molecule has 0 saturated carbocycles. The number of piperidine rings is 1. The van der Waals surface area contributed by atoms with E-state index in [0.29, 0.717) is 30.8 Å². The van der Waals surface area contributed by atoms with Crippen molar-refractivity contribution in [2.75, 3.05) is 13.1 Å². The summed E-state index contributed by atoms with van der Waals surface area (Å²) in [5.74, 6) is 1.11. The van der Waals surface area contributed by atoms with Gasteiger partial charge in [-0.15, -0.1) is 11.3 Å². The van der Waals surface area contributed by atoms with E-state index in [1.165, 1.54) is 0 Å². The minimum atomic E-state index is -0.0746. The van der Waals surface area contributed by atoms with Gasteiger partial charge >= 0.3 is 0 Å². The molecule has 2 aromatic heterocycles. The van der Waals surface area contributed by atoms with Gasteiger partial charge in [-0.2, -0.15) is 5.26 Å². The van der Waals surface area contributed by atoms with Crippen molar-refractivity contribution in [3.8, 4) is 6.07 Å². The average molecular weight is 377 g/mol. The van der Waals surface area contributed by atoms with E-state index in [2.05, 4.69) is 20.6 Å². The molecule has 7 heteroatoms. The minimum absolute atomic E-state index is 0.0746. The number of nitriles is 1. The summed E-state index contributed by atoms with van der Waals surface area (Å²) in [5.41, 5.74) is 3.76. The van der Waals surface area contributed by atoms with Crippen LogP contribution in [0.4, 0.5) is 0 Å². The minimum Gasteiger partial charge on any atom is -0.338 e. The van der Waals surface area contributed by atoms with E-state index >= 15 is 0 Å². The second kappa shape index (κ2) is 7.72. The first-order valence-electron chi connectivity index (χ1n) is 8.92. The van der Waals surface area contributed by atoms with E-state index in [1.807, 2.05) is 28.2 Å². The van der Waals surface area contributed by atoms with Gasteiger partial charge in [0.1, 0.15) is 5.82 Å². The molecule has 0 aliphatic carbocycles. The molecular formula is C20H19N5OS. The van der Waals surface area contributed by atoms with Gasteiger partial charge in [-0.25, -0.2) is 9.97 Å². The molecule has 6 nitrogen and oxygen atoms in total. The molecule has 1 aliphatic rings. The second-order valence-electron chi connectivity index (χ2n) is 6.64. The van der Waals surface area contributed by atoms with E-state index in [9.17, 15) is 10.1 Å². The molecule has 27 heavy (non-hydrogen) atoms. The third-order valence-corrected chi connectivity index (χ3v) is 5.55. The molecule has 1 aliphatic heterocycles. The fourth-order valence-electron chi connectivity index (χ4n) is 3.61. The van der Waals surface area contributed by atoms with Gasteiger partial charge in [-0.1, -0.05) is 12.1 Å². The first-order valence-corrected chi connectivity index (χ1v) is 9.87. The number of benzene rings is 1. The number of thiazole rings is 1. The predicted molar refractivity (Wildman–Crippen MR) is 102 cm³/mol. The molecule has 0 N–H and O–H groups in total. The zero-order valence-corrected chi connectivity index (χ0v) is 15.6. The quantitative estimate of drug-likeness (QED) is 0.699. The average Bonchev–Trinajstić information content (AvgIpc) is 3.40. The van der Waals surface area contributed by atoms with Crippen molar-refractivity contribution in [1.82, 2.24) is 19.4 Å². The number of carbonyl (C=O) groups excluding carboxylic acids is 1. The summed E-state index contributed by atoms with van der Waals surface area (Å²) in [6, 6.07) is 9.12. The van der Waals surface area contributed by atoms with Crippen LogP contribution in [0.1, 0.15) is 46.2 Å². The molecule has 0 bridgehead atoms. The van der Waals surface area contributed by atoms with Crippen LogP contribution in [0.15, 0.2) is 47.5 Å². The molecule has 4 rings (SSSR count). The Labute approximate surface area is 161 Å². The van der Waals surface area contributed by atoms with Crippen LogP contribution in [0, 0.1) is 11.3 Å². The summed E-state index contributed by atoms with van der Waals surface area (Å²) in [7, 11) is 0. The van der Waals surface area contributed by atoms with Crippen molar-refractivity contribution in [2.45, 2.75) is 25.3 Å². The fourth-order valence-corrected chi connectivity index (χ4v) is 4.16. The van der Waals surface area contributed by atoms with E-state index in [4.69, 9.17) is 0 Å². The normalized spacial score (nSPS) is 16.9. The predicted octanol–water partition coefficient (Wildman–Crippen LogP) is 3.28. The lowest BCUT2D eigenvalue weighted by atomic mass is 9.96. The summed E-state index contributed by atoms with van der Waals surface area (Å²) in [4.78, 5) is 23.8. The Kier molecular flexibility index (Phi) is 4.99. The van der Waals surface area contributed by atoms with Gasteiger partial charge in [0.2, 0.25) is 0 Å². The third kappa shape index (κ3) is 3.62. The first kappa shape index (κ1) is 17.4. The molecule has 0 radical (unpaired) electrons. The number of likely N-dealkylation sites (tertiary alicyclic amines) is 1. The van der Waals surface area contributed by atoms with Crippen LogP contribution < -0.4 is 0 Å². The van der Waals surface area contributed by atoms with Crippen LogP contribution in [0.2, 0.25) is 0 Å². The number of aromatic nitrogens is 3. The number of hydrogen-bond acceptors (Lipinski definition) is 5. The molecule has 0 spiro atoms. The zero-order valence-electron chi connectivity index (χ0n) is 14.8. The van der Waals surface area contributed by atoms with E-state index in [0.717, 1.165) is 24.4 Å². The SMILES string of the molecule is N#Cc1ccccc1C(=O)N1CCC[C@@H](c2nccn2Cc2cscn2)C1. The maximum Gasteiger partial charge on any atom is 0.255 e. The summed E-state index contributed by atoms with van der Waals surface area (Å²) < 4.78 is 2.12. The zero-order chi connectivity index (χ0) is 18.6. The second-order valence-corrected chi connectivity index (χ2v) is 7.36. The van der Waals surface area contributed by atoms with Gasteiger partial charge in [0.15, 0.2) is 0 Å². The van der Waals surface area contributed by atoms with Gasteiger partial charge in [-0.05, 0) is 25.0 Å². The molecule has 1 fully saturated rings.